The highest BCUT2D eigenvalue weighted by molar-refractivity contribution is 5.58. The van der Waals surface area contributed by atoms with Gasteiger partial charge in [0.05, 0.1) is 0 Å². The molecule has 3 heteroatoms. The second-order valence-corrected chi connectivity index (χ2v) is 6.54. The molecule has 0 N–H and O–H groups in total. The zero-order chi connectivity index (χ0) is 12.4. The monoisotopic (exact) mass is 226 g/mol. The highest BCUT2D eigenvalue weighted by atomic mass is 16.1. The summed E-state index contributed by atoms with van der Waals surface area (Å²) in [6.45, 7) is 16.1. The Labute approximate surface area is 99.8 Å². The largest absolute Gasteiger partial charge is 0.303 e. The quantitative estimate of drug-likeness (QED) is 0.683. The first kappa shape index (κ1) is 13.7. The Hall–Kier alpha value is -0.410. The number of aldehydes is 1. The summed E-state index contributed by atoms with van der Waals surface area (Å²) in [7, 11) is 0. The van der Waals surface area contributed by atoms with E-state index in [-0.39, 0.29) is 11.0 Å². The lowest BCUT2D eigenvalue weighted by Crippen LogP contribution is -2.54. The molecule has 0 spiro atoms. The zero-order valence-corrected chi connectivity index (χ0v) is 11.4. The molecule has 0 amide bonds. The third-order valence-corrected chi connectivity index (χ3v) is 3.27. The van der Waals surface area contributed by atoms with Gasteiger partial charge in [0, 0.05) is 43.7 Å². The standard InChI is InChI=1S/C13H26N2O/c1-12(2,3)15-8-6-14(7-9-15)10-13(4,5)11-16/h11H,6-10H2,1-5H3. The van der Waals surface area contributed by atoms with Crippen LogP contribution in [0.2, 0.25) is 0 Å². The third-order valence-electron chi connectivity index (χ3n) is 3.27. The molecule has 1 fully saturated rings. The molecule has 16 heavy (non-hydrogen) atoms. The maximum atomic E-state index is 10.9. The van der Waals surface area contributed by atoms with Crippen LogP contribution in [0.4, 0.5) is 0 Å². The number of carbonyl (C=O) groups is 1. The topological polar surface area (TPSA) is 23.6 Å². The first-order chi connectivity index (χ1) is 7.24. The summed E-state index contributed by atoms with van der Waals surface area (Å²) in [5.41, 5.74) is 0.0656. The molecular weight excluding hydrogens is 200 g/mol. The maximum Gasteiger partial charge on any atom is 0.126 e. The van der Waals surface area contributed by atoms with Crippen molar-refractivity contribution in [3.63, 3.8) is 0 Å². The highest BCUT2D eigenvalue weighted by Crippen LogP contribution is 2.19. The Bertz CT molecular complexity index is 235. The minimum absolute atomic E-state index is 0.204. The minimum Gasteiger partial charge on any atom is -0.303 e. The van der Waals surface area contributed by atoms with Crippen LogP contribution in [0.25, 0.3) is 0 Å². The van der Waals surface area contributed by atoms with Crippen LogP contribution in [0.1, 0.15) is 34.6 Å². The molecule has 0 aromatic carbocycles. The molecular formula is C13H26N2O. The molecule has 0 aliphatic carbocycles. The van der Waals surface area contributed by atoms with Crippen molar-refractivity contribution < 1.29 is 4.79 Å². The van der Waals surface area contributed by atoms with Crippen LogP contribution in [-0.4, -0.2) is 54.3 Å². The zero-order valence-electron chi connectivity index (χ0n) is 11.4. The van der Waals surface area contributed by atoms with Gasteiger partial charge in [-0.05, 0) is 20.8 Å². The van der Waals surface area contributed by atoms with Crippen molar-refractivity contribution in [3.8, 4) is 0 Å². The van der Waals surface area contributed by atoms with E-state index in [9.17, 15) is 4.79 Å². The van der Waals surface area contributed by atoms with Gasteiger partial charge in [-0.3, -0.25) is 9.80 Å². The summed E-state index contributed by atoms with van der Waals surface area (Å²) in [5.74, 6) is 0. The van der Waals surface area contributed by atoms with Gasteiger partial charge in [-0.2, -0.15) is 0 Å². The van der Waals surface area contributed by atoms with Crippen molar-refractivity contribution in [2.75, 3.05) is 32.7 Å². The Morgan fingerprint density at radius 3 is 1.88 bits per heavy atom. The van der Waals surface area contributed by atoms with Gasteiger partial charge in [0.1, 0.15) is 6.29 Å². The second-order valence-electron chi connectivity index (χ2n) is 6.54. The molecule has 0 unspecified atom stereocenters. The molecule has 0 bridgehead atoms. The Kier molecular flexibility index (Phi) is 4.13. The first-order valence-corrected chi connectivity index (χ1v) is 6.18. The molecule has 0 aromatic rings. The van der Waals surface area contributed by atoms with Crippen molar-refractivity contribution in [2.45, 2.75) is 40.2 Å². The predicted octanol–water partition coefficient (Wildman–Crippen LogP) is 1.63. The molecule has 0 aromatic heterocycles. The SMILES string of the molecule is CC(C)(C=O)CN1CCN(C(C)(C)C)CC1. The van der Waals surface area contributed by atoms with Gasteiger partial charge in [-0.25, -0.2) is 0 Å². The smallest absolute Gasteiger partial charge is 0.126 e. The average Bonchev–Trinajstić information content (AvgIpc) is 2.16. The van der Waals surface area contributed by atoms with Crippen LogP contribution in [-0.2, 0) is 4.79 Å². The molecule has 1 heterocycles. The summed E-state index contributed by atoms with van der Waals surface area (Å²) in [4.78, 5) is 15.8. The lowest BCUT2D eigenvalue weighted by atomic mass is 9.94. The summed E-state index contributed by atoms with van der Waals surface area (Å²) in [6, 6.07) is 0. The lowest BCUT2D eigenvalue weighted by molar-refractivity contribution is -0.116. The third kappa shape index (κ3) is 3.87. The van der Waals surface area contributed by atoms with Crippen LogP contribution >= 0.6 is 0 Å². The summed E-state index contributed by atoms with van der Waals surface area (Å²) >= 11 is 0. The molecule has 1 rings (SSSR count). The number of nitrogens with zero attached hydrogens (tertiary/aromatic N) is 2. The van der Waals surface area contributed by atoms with Gasteiger partial charge < -0.3 is 4.79 Å². The average molecular weight is 226 g/mol. The number of hydrogen-bond acceptors (Lipinski definition) is 3. The van der Waals surface area contributed by atoms with Crippen LogP contribution < -0.4 is 0 Å². The van der Waals surface area contributed by atoms with Crippen molar-refractivity contribution >= 4 is 6.29 Å². The van der Waals surface area contributed by atoms with E-state index < -0.39 is 0 Å². The number of rotatable bonds is 3. The van der Waals surface area contributed by atoms with Crippen LogP contribution in [0, 0.1) is 5.41 Å². The van der Waals surface area contributed by atoms with Crippen molar-refractivity contribution in [1.29, 1.82) is 0 Å². The number of piperazine rings is 1. The fraction of sp³-hybridized carbons (Fsp3) is 0.923. The predicted molar refractivity (Wildman–Crippen MR) is 67.6 cm³/mol. The normalized spacial score (nSPS) is 21.1. The summed E-state index contributed by atoms with van der Waals surface area (Å²) in [5, 5.41) is 0. The number of hydrogen-bond donors (Lipinski definition) is 0. The van der Waals surface area contributed by atoms with E-state index in [0.717, 1.165) is 39.0 Å². The van der Waals surface area contributed by atoms with E-state index in [4.69, 9.17) is 0 Å². The molecule has 3 nitrogen and oxygen atoms in total. The number of carbonyl (C=O) groups excluding carboxylic acids is 1. The van der Waals surface area contributed by atoms with Crippen LogP contribution in [0.5, 0.6) is 0 Å². The Morgan fingerprint density at radius 2 is 1.50 bits per heavy atom. The molecule has 1 saturated heterocycles. The van der Waals surface area contributed by atoms with Gasteiger partial charge >= 0.3 is 0 Å². The van der Waals surface area contributed by atoms with Gasteiger partial charge in [0.25, 0.3) is 0 Å². The second kappa shape index (κ2) is 4.84. The highest BCUT2D eigenvalue weighted by Gasteiger charge is 2.28. The van der Waals surface area contributed by atoms with E-state index in [0.29, 0.717) is 0 Å². The van der Waals surface area contributed by atoms with E-state index in [1.54, 1.807) is 0 Å². The fourth-order valence-corrected chi connectivity index (χ4v) is 2.19. The minimum atomic E-state index is -0.204. The van der Waals surface area contributed by atoms with Gasteiger partial charge in [0.2, 0.25) is 0 Å². The fourth-order valence-electron chi connectivity index (χ4n) is 2.19. The van der Waals surface area contributed by atoms with Gasteiger partial charge in [-0.1, -0.05) is 13.8 Å². The van der Waals surface area contributed by atoms with Crippen molar-refractivity contribution in [1.82, 2.24) is 9.80 Å². The van der Waals surface area contributed by atoms with Crippen LogP contribution in [0.15, 0.2) is 0 Å². The summed E-state index contributed by atoms with van der Waals surface area (Å²) in [6.07, 6.45) is 1.07. The molecule has 0 saturated carbocycles. The van der Waals surface area contributed by atoms with Crippen molar-refractivity contribution in [2.24, 2.45) is 5.41 Å². The molecule has 0 radical (unpaired) electrons. The van der Waals surface area contributed by atoms with Gasteiger partial charge in [-0.15, -0.1) is 0 Å². The Morgan fingerprint density at radius 1 is 1.00 bits per heavy atom. The lowest BCUT2D eigenvalue weighted by Gasteiger charge is -2.43. The van der Waals surface area contributed by atoms with Gasteiger partial charge in [0.15, 0.2) is 0 Å². The van der Waals surface area contributed by atoms with E-state index in [2.05, 4.69) is 30.6 Å². The molecule has 0 atom stereocenters. The van der Waals surface area contributed by atoms with Crippen molar-refractivity contribution in [3.05, 3.63) is 0 Å². The molecule has 94 valence electrons. The van der Waals surface area contributed by atoms with E-state index in [1.807, 2.05) is 13.8 Å². The van der Waals surface area contributed by atoms with E-state index >= 15 is 0 Å². The summed E-state index contributed by atoms with van der Waals surface area (Å²) < 4.78 is 0. The molecule has 1 aliphatic rings. The Balaban J connectivity index is 2.41. The van der Waals surface area contributed by atoms with E-state index in [1.165, 1.54) is 0 Å². The first-order valence-electron chi connectivity index (χ1n) is 6.18. The maximum absolute atomic E-state index is 10.9. The molecule has 1 aliphatic heterocycles. The van der Waals surface area contributed by atoms with Crippen LogP contribution in [0.3, 0.4) is 0 Å².